The molecule has 4 heteroatoms. The van der Waals surface area contributed by atoms with Gasteiger partial charge in [-0.25, -0.2) is 0 Å². The van der Waals surface area contributed by atoms with Crippen LogP contribution >= 0.6 is 24.8 Å². The van der Waals surface area contributed by atoms with E-state index >= 15 is 0 Å². The molecular formula is C16H22Cl2N2. The van der Waals surface area contributed by atoms with Crippen molar-refractivity contribution in [1.82, 2.24) is 5.32 Å². The summed E-state index contributed by atoms with van der Waals surface area (Å²) in [6, 6.07) is 18.6. The number of likely N-dealkylation sites (N-methyl/N-ethyl adjacent to an activating group) is 1. The van der Waals surface area contributed by atoms with Crippen LogP contribution in [0.2, 0.25) is 0 Å². The monoisotopic (exact) mass is 312 g/mol. The molecule has 0 amide bonds. The number of hydrogen-bond donors (Lipinski definition) is 2. The van der Waals surface area contributed by atoms with Crippen LogP contribution in [0.1, 0.15) is 16.7 Å². The second kappa shape index (κ2) is 8.28. The lowest BCUT2D eigenvalue weighted by atomic mass is 9.90. The van der Waals surface area contributed by atoms with Crippen LogP contribution < -0.4 is 11.1 Å². The molecule has 0 heterocycles. The normalized spacial score (nSPS) is 12.8. The number of nitrogens with one attached hydrogen (secondary N) is 1. The van der Waals surface area contributed by atoms with Crippen molar-refractivity contribution in [3.63, 3.8) is 0 Å². The zero-order valence-electron chi connectivity index (χ0n) is 11.8. The lowest BCUT2D eigenvalue weighted by Crippen LogP contribution is -2.50. The van der Waals surface area contributed by atoms with Crippen LogP contribution in [0.15, 0.2) is 54.6 Å². The Morgan fingerprint density at radius 2 is 1.50 bits per heavy atom. The molecule has 0 spiro atoms. The van der Waals surface area contributed by atoms with Crippen molar-refractivity contribution in [1.29, 1.82) is 0 Å². The number of benzene rings is 2. The molecule has 2 aromatic rings. The van der Waals surface area contributed by atoms with E-state index in [1.54, 1.807) is 0 Å². The van der Waals surface area contributed by atoms with E-state index < -0.39 is 5.66 Å². The van der Waals surface area contributed by atoms with Crippen molar-refractivity contribution in [2.24, 2.45) is 5.73 Å². The van der Waals surface area contributed by atoms with Gasteiger partial charge in [0.1, 0.15) is 0 Å². The Morgan fingerprint density at radius 3 is 2.05 bits per heavy atom. The van der Waals surface area contributed by atoms with Crippen LogP contribution in [-0.2, 0) is 12.1 Å². The van der Waals surface area contributed by atoms with E-state index in [2.05, 4.69) is 36.5 Å². The van der Waals surface area contributed by atoms with Gasteiger partial charge in [-0.2, -0.15) is 0 Å². The van der Waals surface area contributed by atoms with Crippen LogP contribution in [0, 0.1) is 6.92 Å². The van der Waals surface area contributed by atoms with Gasteiger partial charge in [-0.05, 0) is 30.7 Å². The first-order chi connectivity index (χ1) is 8.65. The van der Waals surface area contributed by atoms with E-state index in [-0.39, 0.29) is 24.8 Å². The van der Waals surface area contributed by atoms with Crippen LogP contribution in [0.4, 0.5) is 0 Å². The highest BCUT2D eigenvalue weighted by Crippen LogP contribution is 2.23. The van der Waals surface area contributed by atoms with Crippen LogP contribution in [0.5, 0.6) is 0 Å². The zero-order chi connectivity index (χ0) is 13.0. The van der Waals surface area contributed by atoms with Crippen molar-refractivity contribution in [2.75, 3.05) is 7.05 Å². The summed E-state index contributed by atoms with van der Waals surface area (Å²) in [7, 11) is 1.91. The van der Waals surface area contributed by atoms with Crippen LogP contribution in [0.3, 0.4) is 0 Å². The fourth-order valence-electron chi connectivity index (χ4n) is 2.31. The number of nitrogens with two attached hydrogens (primary N) is 1. The third kappa shape index (κ3) is 4.22. The molecule has 0 saturated heterocycles. The Morgan fingerprint density at radius 1 is 0.950 bits per heavy atom. The highest BCUT2D eigenvalue weighted by Gasteiger charge is 2.26. The van der Waals surface area contributed by atoms with E-state index in [4.69, 9.17) is 5.73 Å². The molecule has 3 N–H and O–H groups in total. The first-order valence-corrected chi connectivity index (χ1v) is 6.23. The Bertz CT molecular complexity index is 517. The molecule has 0 radical (unpaired) electrons. The predicted molar refractivity (Wildman–Crippen MR) is 90.7 cm³/mol. The minimum absolute atomic E-state index is 0. The molecule has 20 heavy (non-hydrogen) atoms. The summed E-state index contributed by atoms with van der Waals surface area (Å²) in [5.74, 6) is 0. The van der Waals surface area contributed by atoms with Crippen molar-refractivity contribution in [3.05, 3.63) is 71.3 Å². The predicted octanol–water partition coefficient (Wildman–Crippen LogP) is 3.41. The number of halogens is 2. The quantitative estimate of drug-likeness (QED) is 0.849. The Balaban J connectivity index is 0.00000180. The first-order valence-electron chi connectivity index (χ1n) is 6.23. The maximum atomic E-state index is 6.54. The highest BCUT2D eigenvalue weighted by atomic mass is 35.5. The molecule has 0 aliphatic carbocycles. The van der Waals surface area contributed by atoms with Crippen LogP contribution in [-0.4, -0.2) is 7.05 Å². The molecule has 0 aliphatic rings. The topological polar surface area (TPSA) is 38.0 Å². The average Bonchev–Trinajstić information content (AvgIpc) is 2.40. The van der Waals surface area contributed by atoms with Gasteiger partial charge in [0.15, 0.2) is 0 Å². The summed E-state index contributed by atoms with van der Waals surface area (Å²) in [5, 5.41) is 3.26. The smallest absolute Gasteiger partial charge is 0.0966 e. The second-order valence-corrected chi connectivity index (χ2v) is 4.70. The second-order valence-electron chi connectivity index (χ2n) is 4.70. The summed E-state index contributed by atoms with van der Waals surface area (Å²) in [6.45, 7) is 2.10. The Kier molecular flexibility index (Phi) is 7.84. The minimum atomic E-state index is -0.521. The third-order valence-electron chi connectivity index (χ3n) is 3.40. The van der Waals surface area contributed by atoms with Crippen molar-refractivity contribution < 1.29 is 0 Å². The van der Waals surface area contributed by atoms with E-state index in [0.717, 1.165) is 12.0 Å². The maximum Gasteiger partial charge on any atom is 0.0966 e. The molecule has 2 nitrogen and oxygen atoms in total. The van der Waals surface area contributed by atoms with Crippen molar-refractivity contribution >= 4 is 24.8 Å². The summed E-state index contributed by atoms with van der Waals surface area (Å²) >= 11 is 0. The van der Waals surface area contributed by atoms with Crippen LogP contribution in [0.25, 0.3) is 0 Å². The summed E-state index contributed by atoms with van der Waals surface area (Å²) in [5.41, 5.74) is 9.62. The van der Waals surface area contributed by atoms with Gasteiger partial charge in [-0.15, -0.1) is 24.8 Å². The summed E-state index contributed by atoms with van der Waals surface area (Å²) < 4.78 is 0. The number of rotatable bonds is 4. The zero-order valence-corrected chi connectivity index (χ0v) is 13.4. The Hall–Kier alpha value is -1.06. The van der Waals surface area contributed by atoms with Gasteiger partial charge in [0.25, 0.3) is 0 Å². The standard InChI is InChI=1S/C16H20N2.2ClH/c1-13-8-6-7-11-15(13)16(17,18-2)12-14-9-4-3-5-10-14;;/h3-11,18H,12,17H2,1-2H3;2*1H. The largest absolute Gasteiger partial charge is 0.309 e. The molecular weight excluding hydrogens is 291 g/mol. The van der Waals surface area contributed by atoms with Gasteiger partial charge in [-0.3, -0.25) is 5.32 Å². The van der Waals surface area contributed by atoms with E-state index in [1.165, 1.54) is 11.1 Å². The van der Waals surface area contributed by atoms with Gasteiger partial charge < -0.3 is 5.73 Å². The van der Waals surface area contributed by atoms with Crippen molar-refractivity contribution in [2.45, 2.75) is 19.0 Å². The molecule has 0 saturated carbocycles. The number of hydrogen-bond acceptors (Lipinski definition) is 2. The molecule has 2 rings (SSSR count). The maximum absolute atomic E-state index is 6.54. The van der Waals surface area contributed by atoms with E-state index in [0.29, 0.717) is 0 Å². The molecule has 0 aromatic heterocycles. The molecule has 0 aliphatic heterocycles. The molecule has 1 atom stereocenters. The van der Waals surface area contributed by atoms with Gasteiger partial charge in [0.05, 0.1) is 5.66 Å². The minimum Gasteiger partial charge on any atom is -0.309 e. The third-order valence-corrected chi connectivity index (χ3v) is 3.40. The van der Waals surface area contributed by atoms with Gasteiger partial charge in [0, 0.05) is 6.42 Å². The van der Waals surface area contributed by atoms with E-state index in [1.807, 2.05) is 37.4 Å². The van der Waals surface area contributed by atoms with Gasteiger partial charge in [-0.1, -0.05) is 54.6 Å². The first kappa shape index (κ1) is 18.9. The van der Waals surface area contributed by atoms with E-state index in [9.17, 15) is 0 Å². The van der Waals surface area contributed by atoms with Crippen molar-refractivity contribution in [3.8, 4) is 0 Å². The van der Waals surface area contributed by atoms with Gasteiger partial charge in [0.2, 0.25) is 0 Å². The molecule has 110 valence electrons. The fraction of sp³-hybridized carbons (Fsp3) is 0.250. The molecule has 1 unspecified atom stereocenters. The average molecular weight is 313 g/mol. The Labute approximate surface area is 133 Å². The SMILES string of the molecule is CNC(N)(Cc1ccccc1)c1ccccc1C.Cl.Cl. The lowest BCUT2D eigenvalue weighted by Gasteiger charge is -2.31. The van der Waals surface area contributed by atoms with Gasteiger partial charge >= 0.3 is 0 Å². The highest BCUT2D eigenvalue weighted by molar-refractivity contribution is 5.85. The summed E-state index contributed by atoms with van der Waals surface area (Å²) in [4.78, 5) is 0. The molecule has 2 aromatic carbocycles. The fourth-order valence-corrected chi connectivity index (χ4v) is 2.31. The molecule has 0 bridgehead atoms. The lowest BCUT2D eigenvalue weighted by molar-refractivity contribution is 0.370. The summed E-state index contributed by atoms with van der Waals surface area (Å²) in [6.07, 6.45) is 0.773. The number of aryl methyl sites for hydroxylation is 1. The molecule has 0 fully saturated rings.